The summed E-state index contributed by atoms with van der Waals surface area (Å²) in [5.41, 5.74) is 0.366. The van der Waals surface area contributed by atoms with Gasteiger partial charge in [-0.25, -0.2) is 4.98 Å². The van der Waals surface area contributed by atoms with Gasteiger partial charge < -0.3 is 10.0 Å². The maximum atomic E-state index is 12.3. The number of rotatable bonds is 3. The fourth-order valence-corrected chi connectivity index (χ4v) is 4.13. The van der Waals surface area contributed by atoms with E-state index in [0.29, 0.717) is 23.0 Å². The van der Waals surface area contributed by atoms with Crippen molar-refractivity contribution in [2.45, 2.75) is 6.42 Å². The number of halogens is 1. The van der Waals surface area contributed by atoms with Gasteiger partial charge in [-0.15, -0.1) is 22.7 Å². The van der Waals surface area contributed by atoms with Crippen LogP contribution in [0.5, 0.6) is 0 Å². The van der Waals surface area contributed by atoms with Crippen molar-refractivity contribution in [3.8, 4) is 9.88 Å². The third-order valence-electron chi connectivity index (χ3n) is 3.33. The van der Waals surface area contributed by atoms with Gasteiger partial charge in [0.05, 0.1) is 15.1 Å². The number of hydrogen-bond donors (Lipinski definition) is 1. The standard InChI is InChI=1S/C13H11ClN2O3S2/c14-10-2-1-9(21-10)11-15-8(6-20-11)12(17)16-4-3-7(5-16)13(18)19/h1-2,6-7H,3-5H2,(H,18,19)/t7-/m0/s1. The summed E-state index contributed by atoms with van der Waals surface area (Å²) in [6.45, 7) is 0.722. The van der Waals surface area contributed by atoms with Crippen molar-refractivity contribution in [2.24, 2.45) is 5.92 Å². The van der Waals surface area contributed by atoms with Crippen LogP contribution in [0.2, 0.25) is 4.34 Å². The van der Waals surface area contributed by atoms with Crippen LogP contribution < -0.4 is 0 Å². The Bertz CT molecular complexity index is 697. The fourth-order valence-electron chi connectivity index (χ4n) is 2.22. The first-order chi connectivity index (χ1) is 10.0. The number of carbonyl (C=O) groups is 2. The molecule has 2 aromatic heterocycles. The second-order valence-electron chi connectivity index (χ2n) is 4.72. The van der Waals surface area contributed by atoms with E-state index in [0.717, 1.165) is 9.88 Å². The van der Waals surface area contributed by atoms with Gasteiger partial charge in [0.25, 0.3) is 5.91 Å². The molecule has 3 rings (SSSR count). The molecule has 0 aromatic carbocycles. The van der Waals surface area contributed by atoms with Crippen molar-refractivity contribution >= 4 is 46.2 Å². The normalized spacial score (nSPS) is 18.1. The number of likely N-dealkylation sites (tertiary alicyclic amines) is 1. The number of amides is 1. The lowest BCUT2D eigenvalue weighted by Gasteiger charge is -2.13. The molecule has 0 aliphatic carbocycles. The number of carboxylic acid groups (broad SMARTS) is 1. The van der Waals surface area contributed by atoms with E-state index >= 15 is 0 Å². The number of carbonyl (C=O) groups excluding carboxylic acids is 1. The minimum absolute atomic E-state index is 0.205. The average molecular weight is 343 g/mol. The molecule has 0 radical (unpaired) electrons. The largest absolute Gasteiger partial charge is 0.481 e. The van der Waals surface area contributed by atoms with Crippen molar-refractivity contribution in [3.05, 3.63) is 27.5 Å². The van der Waals surface area contributed by atoms with Crippen LogP contribution in [-0.4, -0.2) is 40.0 Å². The van der Waals surface area contributed by atoms with Gasteiger partial charge in [0.1, 0.15) is 10.7 Å². The van der Waals surface area contributed by atoms with Gasteiger partial charge in [0.15, 0.2) is 0 Å². The molecule has 1 atom stereocenters. The van der Waals surface area contributed by atoms with Crippen molar-refractivity contribution in [1.82, 2.24) is 9.88 Å². The van der Waals surface area contributed by atoms with Crippen molar-refractivity contribution in [3.63, 3.8) is 0 Å². The molecular weight excluding hydrogens is 332 g/mol. The zero-order chi connectivity index (χ0) is 15.0. The molecule has 0 unspecified atom stereocenters. The third-order valence-corrected chi connectivity index (χ3v) is 5.57. The number of hydrogen-bond acceptors (Lipinski definition) is 5. The summed E-state index contributed by atoms with van der Waals surface area (Å²) < 4.78 is 0.678. The molecule has 21 heavy (non-hydrogen) atoms. The Labute approximate surface area is 133 Å². The van der Waals surface area contributed by atoms with Gasteiger partial charge in [-0.1, -0.05) is 11.6 Å². The maximum absolute atomic E-state index is 12.3. The summed E-state index contributed by atoms with van der Waals surface area (Å²) in [5, 5.41) is 11.4. The predicted octanol–water partition coefficient (Wildman–Crippen LogP) is 3.07. The van der Waals surface area contributed by atoms with Crippen LogP contribution >= 0.6 is 34.3 Å². The summed E-state index contributed by atoms with van der Waals surface area (Å²) in [5.74, 6) is -1.52. The molecule has 1 N–H and O–H groups in total. The zero-order valence-electron chi connectivity index (χ0n) is 10.8. The molecule has 1 aliphatic rings. The number of thiophene rings is 1. The average Bonchev–Trinajstić information content (AvgIpc) is 3.17. The van der Waals surface area contributed by atoms with Gasteiger partial charge in [0, 0.05) is 18.5 Å². The molecule has 5 nitrogen and oxygen atoms in total. The Kier molecular flexibility index (Phi) is 3.97. The van der Waals surface area contributed by atoms with E-state index in [1.54, 1.807) is 16.3 Å². The summed E-state index contributed by atoms with van der Waals surface area (Å²) in [7, 11) is 0. The van der Waals surface area contributed by atoms with Crippen LogP contribution in [0.4, 0.5) is 0 Å². The van der Waals surface area contributed by atoms with Crippen LogP contribution in [0.3, 0.4) is 0 Å². The fraction of sp³-hybridized carbons (Fsp3) is 0.308. The Balaban J connectivity index is 1.74. The maximum Gasteiger partial charge on any atom is 0.308 e. The third kappa shape index (κ3) is 2.95. The molecule has 1 fully saturated rings. The van der Waals surface area contributed by atoms with Gasteiger partial charge >= 0.3 is 5.97 Å². The molecule has 8 heteroatoms. The molecule has 0 saturated carbocycles. The predicted molar refractivity (Wildman–Crippen MR) is 82.1 cm³/mol. The molecule has 0 bridgehead atoms. The van der Waals surface area contributed by atoms with Crippen LogP contribution in [0.1, 0.15) is 16.9 Å². The molecule has 1 aliphatic heterocycles. The molecule has 1 amide bonds. The first-order valence-electron chi connectivity index (χ1n) is 6.28. The van der Waals surface area contributed by atoms with E-state index in [4.69, 9.17) is 16.7 Å². The summed E-state index contributed by atoms with van der Waals surface area (Å²) in [6.07, 6.45) is 0.499. The van der Waals surface area contributed by atoms with E-state index in [-0.39, 0.29) is 12.5 Å². The first kappa shape index (κ1) is 14.5. The van der Waals surface area contributed by atoms with Crippen molar-refractivity contribution < 1.29 is 14.7 Å². The number of carboxylic acids is 1. The Morgan fingerprint density at radius 3 is 2.86 bits per heavy atom. The minimum Gasteiger partial charge on any atom is -0.481 e. The SMILES string of the molecule is O=C(O)[C@H]1CCN(C(=O)c2csc(-c3ccc(Cl)s3)n2)C1. The van der Waals surface area contributed by atoms with E-state index in [2.05, 4.69) is 4.98 Å². The lowest BCUT2D eigenvalue weighted by Crippen LogP contribution is -2.30. The van der Waals surface area contributed by atoms with Crippen LogP contribution in [0, 0.1) is 5.92 Å². The number of aliphatic carboxylic acids is 1. The molecule has 110 valence electrons. The highest BCUT2D eigenvalue weighted by atomic mass is 35.5. The highest BCUT2D eigenvalue weighted by molar-refractivity contribution is 7.23. The smallest absolute Gasteiger partial charge is 0.308 e. The molecule has 2 aromatic rings. The van der Waals surface area contributed by atoms with E-state index in [1.165, 1.54) is 22.7 Å². The summed E-state index contributed by atoms with van der Waals surface area (Å²) >= 11 is 8.69. The Morgan fingerprint density at radius 1 is 1.43 bits per heavy atom. The van der Waals surface area contributed by atoms with Crippen molar-refractivity contribution in [2.75, 3.05) is 13.1 Å². The highest BCUT2D eigenvalue weighted by Crippen LogP contribution is 2.33. The van der Waals surface area contributed by atoms with Crippen LogP contribution in [-0.2, 0) is 4.79 Å². The Morgan fingerprint density at radius 2 is 2.24 bits per heavy atom. The number of aromatic nitrogens is 1. The van der Waals surface area contributed by atoms with Crippen LogP contribution in [0.15, 0.2) is 17.5 Å². The monoisotopic (exact) mass is 342 g/mol. The summed E-state index contributed by atoms with van der Waals surface area (Å²) in [4.78, 5) is 30.1. The summed E-state index contributed by atoms with van der Waals surface area (Å²) in [6, 6.07) is 3.67. The zero-order valence-corrected chi connectivity index (χ0v) is 13.2. The highest BCUT2D eigenvalue weighted by Gasteiger charge is 2.32. The van der Waals surface area contributed by atoms with Crippen molar-refractivity contribution in [1.29, 1.82) is 0 Å². The second-order valence-corrected chi connectivity index (χ2v) is 7.29. The second kappa shape index (κ2) is 5.75. The lowest BCUT2D eigenvalue weighted by molar-refractivity contribution is -0.141. The van der Waals surface area contributed by atoms with E-state index < -0.39 is 11.9 Å². The molecule has 0 spiro atoms. The molecule has 3 heterocycles. The van der Waals surface area contributed by atoms with Crippen LogP contribution in [0.25, 0.3) is 9.88 Å². The minimum atomic E-state index is -0.850. The van der Waals surface area contributed by atoms with E-state index in [9.17, 15) is 9.59 Å². The molecular formula is C13H11ClN2O3S2. The Hall–Kier alpha value is -1.44. The number of nitrogens with zero attached hydrogens (tertiary/aromatic N) is 2. The van der Waals surface area contributed by atoms with Gasteiger partial charge in [-0.2, -0.15) is 0 Å². The first-order valence-corrected chi connectivity index (χ1v) is 8.35. The quantitative estimate of drug-likeness (QED) is 0.930. The van der Waals surface area contributed by atoms with Gasteiger partial charge in [-0.05, 0) is 18.6 Å². The topological polar surface area (TPSA) is 70.5 Å². The van der Waals surface area contributed by atoms with E-state index in [1.807, 2.05) is 6.07 Å². The lowest BCUT2D eigenvalue weighted by atomic mass is 10.1. The molecule has 1 saturated heterocycles. The van der Waals surface area contributed by atoms with Gasteiger partial charge in [0.2, 0.25) is 0 Å². The number of thiazole rings is 1. The van der Waals surface area contributed by atoms with Gasteiger partial charge in [-0.3, -0.25) is 9.59 Å².